The highest BCUT2D eigenvalue weighted by molar-refractivity contribution is 6.04. The summed E-state index contributed by atoms with van der Waals surface area (Å²) in [6.45, 7) is 9.54. The van der Waals surface area contributed by atoms with Crippen molar-refractivity contribution in [1.82, 2.24) is 4.90 Å². The number of hydrogen-bond acceptors (Lipinski definition) is 6. The first kappa shape index (κ1) is 24.7. The molecule has 3 fully saturated rings. The van der Waals surface area contributed by atoms with Crippen LogP contribution in [0.3, 0.4) is 0 Å². The average molecular weight is 473 g/mol. The Morgan fingerprint density at radius 3 is 2.56 bits per heavy atom. The van der Waals surface area contributed by atoms with Crippen molar-refractivity contribution < 1.29 is 29.0 Å². The normalized spacial score (nSPS) is 30.6. The quantitative estimate of drug-likeness (QED) is 0.564. The second-order valence-corrected chi connectivity index (χ2v) is 10.3. The Hall–Kier alpha value is -2.45. The van der Waals surface area contributed by atoms with Gasteiger partial charge in [0.05, 0.1) is 37.2 Å². The van der Waals surface area contributed by atoms with Crippen molar-refractivity contribution >= 4 is 23.5 Å². The van der Waals surface area contributed by atoms with Crippen molar-refractivity contribution in [3.63, 3.8) is 0 Å². The van der Waals surface area contributed by atoms with Crippen LogP contribution in [-0.4, -0.2) is 64.8 Å². The number of aliphatic hydroxyl groups is 1. The molecule has 0 aromatic heterocycles. The molecule has 1 aromatic carbocycles. The number of likely N-dealkylation sites (tertiary alicyclic amines) is 1. The zero-order valence-corrected chi connectivity index (χ0v) is 20.7. The highest BCUT2D eigenvalue weighted by Crippen LogP contribution is 2.59. The van der Waals surface area contributed by atoms with Crippen LogP contribution in [0.4, 0.5) is 5.69 Å². The van der Waals surface area contributed by atoms with Crippen LogP contribution in [0.5, 0.6) is 0 Å². The van der Waals surface area contributed by atoms with E-state index in [4.69, 9.17) is 9.47 Å². The number of nitrogens with zero attached hydrogens (tertiary/aromatic N) is 1. The molecule has 34 heavy (non-hydrogen) atoms. The fourth-order valence-electron chi connectivity index (χ4n) is 6.31. The lowest BCUT2D eigenvalue weighted by atomic mass is 9.70. The number of para-hydroxylation sites is 1. The van der Waals surface area contributed by atoms with Gasteiger partial charge in [-0.3, -0.25) is 14.4 Å². The van der Waals surface area contributed by atoms with Crippen LogP contribution < -0.4 is 5.32 Å². The molecular weight excluding hydrogens is 436 g/mol. The van der Waals surface area contributed by atoms with Crippen LogP contribution in [0.2, 0.25) is 0 Å². The molecule has 3 saturated heterocycles. The third kappa shape index (κ3) is 3.81. The first-order chi connectivity index (χ1) is 16.2. The minimum atomic E-state index is -1.11. The minimum absolute atomic E-state index is 0.198. The van der Waals surface area contributed by atoms with Crippen LogP contribution in [-0.2, 0) is 23.9 Å². The number of amides is 2. The minimum Gasteiger partial charge on any atom is -0.466 e. The molecule has 0 radical (unpaired) electrons. The number of hydrogen-bond donors (Lipinski definition) is 2. The molecule has 2 amide bonds. The van der Waals surface area contributed by atoms with Gasteiger partial charge in [0.15, 0.2) is 0 Å². The highest BCUT2D eigenvalue weighted by atomic mass is 16.6. The molecule has 0 unspecified atom stereocenters. The number of nitrogens with one attached hydrogen (secondary N) is 1. The van der Waals surface area contributed by atoms with E-state index in [-0.39, 0.29) is 30.9 Å². The molecule has 3 aliphatic heterocycles. The molecule has 4 rings (SSSR count). The Bertz CT molecular complexity index is 958. The molecule has 0 aliphatic carbocycles. The summed E-state index contributed by atoms with van der Waals surface area (Å²) in [5, 5.41) is 13.3. The van der Waals surface area contributed by atoms with E-state index in [2.05, 4.69) is 5.32 Å². The summed E-state index contributed by atoms with van der Waals surface area (Å²) in [6, 6.07) is 4.28. The van der Waals surface area contributed by atoms with E-state index in [1.54, 1.807) is 6.92 Å². The zero-order chi connectivity index (χ0) is 24.8. The molecule has 0 saturated carbocycles. The van der Waals surface area contributed by atoms with Crippen LogP contribution >= 0.6 is 0 Å². The predicted octanol–water partition coefficient (Wildman–Crippen LogP) is 2.59. The lowest BCUT2D eigenvalue weighted by molar-refractivity contribution is -0.155. The van der Waals surface area contributed by atoms with Crippen LogP contribution in [0, 0.1) is 31.6 Å². The predicted molar refractivity (Wildman–Crippen MR) is 126 cm³/mol. The number of rotatable bonds is 8. The summed E-state index contributed by atoms with van der Waals surface area (Å²) in [7, 11) is 0. The number of anilines is 1. The Balaban J connectivity index is 1.77. The fourth-order valence-corrected chi connectivity index (χ4v) is 6.31. The van der Waals surface area contributed by atoms with Crippen molar-refractivity contribution in [1.29, 1.82) is 0 Å². The maximum atomic E-state index is 13.9. The van der Waals surface area contributed by atoms with Gasteiger partial charge < -0.3 is 24.8 Å². The molecule has 8 nitrogen and oxygen atoms in total. The molecule has 8 heteroatoms. The van der Waals surface area contributed by atoms with Gasteiger partial charge in [-0.25, -0.2) is 0 Å². The van der Waals surface area contributed by atoms with E-state index >= 15 is 0 Å². The van der Waals surface area contributed by atoms with Gasteiger partial charge in [-0.05, 0) is 57.1 Å². The van der Waals surface area contributed by atoms with E-state index in [1.165, 1.54) is 4.90 Å². The summed E-state index contributed by atoms with van der Waals surface area (Å²) in [5.41, 5.74) is 1.43. The summed E-state index contributed by atoms with van der Waals surface area (Å²) in [5.74, 6) is -2.43. The van der Waals surface area contributed by atoms with E-state index in [9.17, 15) is 19.5 Å². The Morgan fingerprint density at radius 2 is 1.97 bits per heavy atom. The van der Waals surface area contributed by atoms with E-state index in [0.717, 1.165) is 11.1 Å². The number of aliphatic hydroxyl groups excluding tert-OH is 1. The number of benzene rings is 1. The van der Waals surface area contributed by atoms with E-state index in [0.29, 0.717) is 24.9 Å². The molecule has 1 spiro atoms. The van der Waals surface area contributed by atoms with Crippen LogP contribution in [0.15, 0.2) is 18.2 Å². The van der Waals surface area contributed by atoms with E-state index < -0.39 is 41.6 Å². The molecule has 2 bridgehead atoms. The van der Waals surface area contributed by atoms with Gasteiger partial charge in [0.1, 0.15) is 11.6 Å². The van der Waals surface area contributed by atoms with Gasteiger partial charge in [-0.2, -0.15) is 0 Å². The smallest absolute Gasteiger partial charge is 0.312 e. The maximum Gasteiger partial charge on any atom is 0.312 e. The molecule has 3 heterocycles. The first-order valence-corrected chi connectivity index (χ1v) is 12.3. The molecular formula is C26H36N2O6. The van der Waals surface area contributed by atoms with Gasteiger partial charge in [0.2, 0.25) is 11.8 Å². The van der Waals surface area contributed by atoms with Crippen LogP contribution in [0.25, 0.3) is 0 Å². The summed E-state index contributed by atoms with van der Waals surface area (Å²) in [4.78, 5) is 42.2. The number of carbonyl (C=O) groups excluding carboxylic acids is 3. The number of fused-ring (bicyclic) bond motifs is 1. The number of carbonyl (C=O) groups is 3. The third-order valence-corrected chi connectivity index (χ3v) is 7.62. The molecule has 1 aromatic rings. The second kappa shape index (κ2) is 9.30. The molecule has 3 aliphatic rings. The Kier molecular flexibility index (Phi) is 6.75. The lowest BCUT2D eigenvalue weighted by Crippen LogP contribution is -2.56. The maximum absolute atomic E-state index is 13.9. The SMILES string of the molecule is CCOC(=O)[C@@H]1[C@@H]2CC[C@]3(O2)[C@H](C(=O)Nc2c(C)cccc2C)N([C@@H](CO)CC(C)C)C(=O)[C@@H]13. The van der Waals surface area contributed by atoms with Crippen LogP contribution in [0.1, 0.15) is 51.2 Å². The van der Waals surface area contributed by atoms with E-state index in [1.807, 2.05) is 45.9 Å². The van der Waals surface area contributed by atoms with Crippen molar-refractivity contribution in [2.45, 2.75) is 77.7 Å². The van der Waals surface area contributed by atoms with Gasteiger partial charge in [-0.15, -0.1) is 0 Å². The number of esters is 1. The van der Waals surface area contributed by atoms with Gasteiger partial charge in [0, 0.05) is 5.69 Å². The zero-order valence-electron chi connectivity index (χ0n) is 20.7. The highest BCUT2D eigenvalue weighted by Gasteiger charge is 2.75. The van der Waals surface area contributed by atoms with Gasteiger partial charge in [0.25, 0.3) is 0 Å². The molecule has 186 valence electrons. The van der Waals surface area contributed by atoms with Crippen molar-refractivity contribution in [3.05, 3.63) is 29.3 Å². The third-order valence-electron chi connectivity index (χ3n) is 7.62. The summed E-state index contributed by atoms with van der Waals surface area (Å²) in [6.07, 6.45) is 1.18. The topological polar surface area (TPSA) is 105 Å². The van der Waals surface area contributed by atoms with Gasteiger partial charge in [-0.1, -0.05) is 32.0 Å². The second-order valence-electron chi connectivity index (χ2n) is 10.3. The lowest BCUT2D eigenvalue weighted by Gasteiger charge is -2.37. The Labute approximate surface area is 201 Å². The first-order valence-electron chi connectivity index (χ1n) is 12.3. The van der Waals surface area contributed by atoms with Crippen molar-refractivity contribution in [2.24, 2.45) is 17.8 Å². The standard InChI is InChI=1S/C26H36N2O6/c1-6-33-25(32)19-18-10-11-26(34-18)20(19)24(31)28(17(13-29)12-14(2)3)22(26)23(30)27-21-15(4)8-7-9-16(21)5/h7-9,14,17-20,22,29H,6,10-13H2,1-5H3,(H,27,30)/t17-,18+,19-,20-,22+,26-/m1/s1. The molecule has 6 atom stereocenters. The average Bonchev–Trinajstić information content (AvgIpc) is 3.42. The van der Waals surface area contributed by atoms with Gasteiger partial charge >= 0.3 is 5.97 Å². The van der Waals surface area contributed by atoms with Crippen molar-refractivity contribution in [3.8, 4) is 0 Å². The monoisotopic (exact) mass is 472 g/mol. The summed E-state index contributed by atoms with van der Waals surface area (Å²) < 4.78 is 11.7. The summed E-state index contributed by atoms with van der Waals surface area (Å²) >= 11 is 0. The fraction of sp³-hybridized carbons (Fsp3) is 0.654. The van der Waals surface area contributed by atoms with Crippen molar-refractivity contribution in [2.75, 3.05) is 18.5 Å². The molecule has 2 N–H and O–H groups in total. The largest absolute Gasteiger partial charge is 0.466 e. The number of aryl methyl sites for hydroxylation is 2. The number of ether oxygens (including phenoxy) is 2. The Morgan fingerprint density at radius 1 is 1.29 bits per heavy atom.